The number of H-pyrrole nitrogens is 1. The van der Waals surface area contributed by atoms with Crippen LogP contribution in [-0.2, 0) is 30.4 Å². The fourth-order valence-corrected chi connectivity index (χ4v) is 2.89. The van der Waals surface area contributed by atoms with Gasteiger partial charge < -0.3 is 37.5 Å². The Kier molecular flexibility index (Phi) is 11.0. The third-order valence-electron chi connectivity index (χ3n) is 5.11. The Bertz CT molecular complexity index is 827. The number of imidazole rings is 1. The average Bonchev–Trinajstić information content (AvgIpc) is 3.26. The normalized spacial score (nSPS) is 15.4. The molecule has 0 aliphatic rings. The number of primary amides is 1. The number of nitrogens with two attached hydrogens (primary N) is 2. The van der Waals surface area contributed by atoms with Crippen molar-refractivity contribution < 1.29 is 29.1 Å². The summed E-state index contributed by atoms with van der Waals surface area (Å²) in [5.41, 5.74) is 11.2. The highest BCUT2D eigenvalue weighted by atomic mass is 16.4. The van der Waals surface area contributed by atoms with E-state index in [-0.39, 0.29) is 25.2 Å². The monoisotopic (exact) mass is 467 g/mol. The third kappa shape index (κ3) is 9.27. The zero-order valence-corrected chi connectivity index (χ0v) is 19.0. The number of hydrogen-bond acceptors (Lipinski definition) is 7. The van der Waals surface area contributed by atoms with Crippen LogP contribution in [0.5, 0.6) is 0 Å². The van der Waals surface area contributed by atoms with Crippen LogP contribution in [0.4, 0.5) is 0 Å². The van der Waals surface area contributed by atoms with E-state index in [1.54, 1.807) is 6.92 Å². The van der Waals surface area contributed by atoms with Gasteiger partial charge in [0.2, 0.25) is 23.6 Å². The largest absolute Gasteiger partial charge is 0.480 e. The van der Waals surface area contributed by atoms with Gasteiger partial charge in [-0.15, -0.1) is 0 Å². The molecule has 0 saturated carbocycles. The van der Waals surface area contributed by atoms with Gasteiger partial charge in [0.25, 0.3) is 0 Å². The Balaban J connectivity index is 3.07. The minimum absolute atomic E-state index is 0.0196. The first-order chi connectivity index (χ1) is 15.5. The van der Waals surface area contributed by atoms with Crippen molar-refractivity contribution in [2.24, 2.45) is 17.4 Å². The van der Waals surface area contributed by atoms with Crippen LogP contribution in [0.3, 0.4) is 0 Å². The van der Waals surface area contributed by atoms with Crippen LogP contribution in [-0.4, -0.2) is 68.8 Å². The molecule has 13 heteroatoms. The first kappa shape index (κ1) is 27.6. The maximum Gasteiger partial charge on any atom is 0.326 e. The molecule has 0 bridgehead atoms. The highest BCUT2D eigenvalue weighted by molar-refractivity contribution is 5.94. The molecule has 0 aliphatic carbocycles. The molecule has 1 heterocycles. The number of aliphatic carboxylic acids is 1. The molecule has 0 radical (unpaired) electrons. The summed E-state index contributed by atoms with van der Waals surface area (Å²) >= 11 is 0. The maximum absolute atomic E-state index is 13.0. The number of carbonyl (C=O) groups excluding carboxylic acids is 4. The summed E-state index contributed by atoms with van der Waals surface area (Å²) < 4.78 is 0. The van der Waals surface area contributed by atoms with Gasteiger partial charge in [-0.1, -0.05) is 20.3 Å². The summed E-state index contributed by atoms with van der Waals surface area (Å²) in [6.45, 7) is 5.08. The number of hydrogen-bond donors (Lipinski definition) is 7. The van der Waals surface area contributed by atoms with Crippen molar-refractivity contribution in [2.75, 3.05) is 0 Å². The summed E-state index contributed by atoms with van der Waals surface area (Å²) in [6.07, 6.45) is 2.94. The molecule has 5 unspecified atom stereocenters. The molecule has 0 aromatic carbocycles. The minimum Gasteiger partial charge on any atom is -0.480 e. The number of nitrogens with zero attached hydrogens (tertiary/aromatic N) is 1. The van der Waals surface area contributed by atoms with E-state index in [2.05, 4.69) is 25.9 Å². The number of amides is 4. The van der Waals surface area contributed by atoms with Crippen molar-refractivity contribution in [3.8, 4) is 0 Å². The SMILES string of the molecule is CCC(C)C(NC(=O)C(C)N)C(=O)NC(Cc1cnc[nH]1)C(=O)NC(CCC(N)=O)C(=O)O. The van der Waals surface area contributed by atoms with Crippen LogP contribution in [0.1, 0.15) is 45.7 Å². The molecule has 1 aromatic rings. The van der Waals surface area contributed by atoms with Crippen LogP contribution >= 0.6 is 0 Å². The predicted molar refractivity (Wildman–Crippen MR) is 117 cm³/mol. The highest BCUT2D eigenvalue weighted by Crippen LogP contribution is 2.10. The Morgan fingerprint density at radius 2 is 1.70 bits per heavy atom. The lowest BCUT2D eigenvalue weighted by molar-refractivity contribution is -0.142. The van der Waals surface area contributed by atoms with Gasteiger partial charge in [0, 0.05) is 24.7 Å². The molecule has 0 spiro atoms. The van der Waals surface area contributed by atoms with E-state index in [1.807, 2.05) is 6.92 Å². The first-order valence-corrected chi connectivity index (χ1v) is 10.6. The van der Waals surface area contributed by atoms with E-state index < -0.39 is 53.8 Å². The number of carboxylic acids is 1. The molecule has 0 saturated heterocycles. The fraction of sp³-hybridized carbons (Fsp3) is 0.600. The van der Waals surface area contributed by atoms with E-state index in [0.717, 1.165) is 0 Å². The van der Waals surface area contributed by atoms with Crippen molar-refractivity contribution in [2.45, 2.75) is 70.6 Å². The Morgan fingerprint density at radius 1 is 1.06 bits per heavy atom. The van der Waals surface area contributed by atoms with Gasteiger partial charge in [-0.05, 0) is 19.3 Å². The van der Waals surface area contributed by atoms with Gasteiger partial charge in [-0.2, -0.15) is 0 Å². The van der Waals surface area contributed by atoms with E-state index >= 15 is 0 Å². The van der Waals surface area contributed by atoms with Gasteiger partial charge in [-0.25, -0.2) is 9.78 Å². The Hall–Kier alpha value is -3.48. The van der Waals surface area contributed by atoms with Crippen LogP contribution in [0.15, 0.2) is 12.5 Å². The lowest BCUT2D eigenvalue weighted by Crippen LogP contribution is -2.59. The molecule has 1 aromatic heterocycles. The molecule has 4 amide bonds. The number of aromatic amines is 1. The Morgan fingerprint density at radius 3 is 2.18 bits per heavy atom. The molecule has 13 nitrogen and oxygen atoms in total. The molecule has 5 atom stereocenters. The first-order valence-electron chi connectivity index (χ1n) is 10.6. The second-order valence-electron chi connectivity index (χ2n) is 7.91. The van der Waals surface area contributed by atoms with Crippen molar-refractivity contribution in [1.82, 2.24) is 25.9 Å². The lowest BCUT2D eigenvalue weighted by atomic mass is 9.97. The quantitative estimate of drug-likeness (QED) is 0.164. The summed E-state index contributed by atoms with van der Waals surface area (Å²) in [6, 6.07) is -4.37. The van der Waals surface area contributed by atoms with Crippen LogP contribution in [0.25, 0.3) is 0 Å². The maximum atomic E-state index is 13.0. The van der Waals surface area contributed by atoms with Gasteiger partial charge in [0.15, 0.2) is 0 Å². The van der Waals surface area contributed by atoms with E-state index in [9.17, 15) is 29.1 Å². The average molecular weight is 468 g/mol. The van der Waals surface area contributed by atoms with Crippen molar-refractivity contribution in [1.29, 1.82) is 0 Å². The standard InChI is InChI=1S/C20H33N7O6/c1-4-10(2)16(27-17(29)11(3)21)19(31)26-14(7-12-8-23-9-24-12)18(30)25-13(20(32)33)5-6-15(22)28/h8-11,13-14,16H,4-7,21H2,1-3H3,(H2,22,28)(H,23,24)(H,25,30)(H,26,31)(H,27,29)(H,32,33). The zero-order valence-electron chi connectivity index (χ0n) is 19.0. The van der Waals surface area contributed by atoms with E-state index in [1.165, 1.54) is 19.4 Å². The highest BCUT2D eigenvalue weighted by Gasteiger charge is 2.32. The summed E-state index contributed by atoms with van der Waals surface area (Å²) in [7, 11) is 0. The van der Waals surface area contributed by atoms with Crippen LogP contribution < -0.4 is 27.4 Å². The second kappa shape index (κ2) is 13.2. The molecule has 1 rings (SSSR count). The van der Waals surface area contributed by atoms with E-state index in [4.69, 9.17) is 11.5 Å². The molecular formula is C20H33N7O6. The smallest absolute Gasteiger partial charge is 0.326 e. The van der Waals surface area contributed by atoms with Gasteiger partial charge in [0.05, 0.1) is 12.4 Å². The second-order valence-corrected chi connectivity index (χ2v) is 7.91. The number of carboxylic acid groups (broad SMARTS) is 1. The lowest BCUT2D eigenvalue weighted by Gasteiger charge is -2.27. The third-order valence-corrected chi connectivity index (χ3v) is 5.11. The minimum atomic E-state index is -1.38. The van der Waals surface area contributed by atoms with Gasteiger partial charge in [-0.3, -0.25) is 19.2 Å². The summed E-state index contributed by atoms with van der Waals surface area (Å²) in [5, 5.41) is 16.9. The Labute approximate surface area is 191 Å². The molecular weight excluding hydrogens is 434 g/mol. The predicted octanol–water partition coefficient (Wildman–Crippen LogP) is -1.85. The number of aromatic nitrogens is 2. The van der Waals surface area contributed by atoms with Crippen molar-refractivity contribution in [3.63, 3.8) is 0 Å². The molecule has 0 aliphatic heterocycles. The summed E-state index contributed by atoms with van der Waals surface area (Å²) in [4.78, 5) is 67.2. The topological polar surface area (TPSA) is 222 Å². The molecule has 9 N–H and O–H groups in total. The summed E-state index contributed by atoms with van der Waals surface area (Å²) in [5.74, 6) is -4.26. The molecule has 0 fully saturated rings. The number of carbonyl (C=O) groups is 5. The zero-order chi connectivity index (χ0) is 25.1. The van der Waals surface area contributed by atoms with E-state index in [0.29, 0.717) is 12.1 Å². The van der Waals surface area contributed by atoms with Crippen LogP contribution in [0.2, 0.25) is 0 Å². The fourth-order valence-electron chi connectivity index (χ4n) is 2.89. The van der Waals surface area contributed by atoms with Crippen molar-refractivity contribution in [3.05, 3.63) is 18.2 Å². The number of nitrogens with one attached hydrogen (secondary N) is 4. The molecule has 184 valence electrons. The van der Waals surface area contributed by atoms with Crippen molar-refractivity contribution >= 4 is 29.6 Å². The van der Waals surface area contributed by atoms with Gasteiger partial charge >= 0.3 is 5.97 Å². The number of rotatable bonds is 14. The molecule has 33 heavy (non-hydrogen) atoms. The van der Waals surface area contributed by atoms with Crippen LogP contribution in [0, 0.1) is 5.92 Å². The van der Waals surface area contributed by atoms with Gasteiger partial charge in [0.1, 0.15) is 18.1 Å².